The van der Waals surface area contributed by atoms with Gasteiger partial charge >= 0.3 is 0 Å². The predicted octanol–water partition coefficient (Wildman–Crippen LogP) is 2.65. The van der Waals surface area contributed by atoms with Crippen molar-refractivity contribution in [1.82, 2.24) is 10.6 Å². The van der Waals surface area contributed by atoms with E-state index in [-0.39, 0.29) is 18.4 Å². The summed E-state index contributed by atoms with van der Waals surface area (Å²) in [5.74, 6) is 0.230. The van der Waals surface area contributed by atoms with E-state index in [4.69, 9.17) is 4.42 Å². The molecule has 118 valence electrons. The monoisotopic (exact) mass is 320 g/mol. The van der Waals surface area contributed by atoms with Crippen LogP contribution in [0.3, 0.4) is 0 Å². The molecule has 2 aromatic heterocycles. The van der Waals surface area contributed by atoms with Gasteiger partial charge in [-0.1, -0.05) is 13.3 Å². The Bertz CT molecular complexity index is 632. The zero-order valence-corrected chi connectivity index (χ0v) is 13.6. The second-order valence-corrected chi connectivity index (χ2v) is 6.24. The normalized spacial score (nSPS) is 10.5. The molecule has 0 aliphatic heterocycles. The van der Waals surface area contributed by atoms with Crippen LogP contribution < -0.4 is 10.6 Å². The zero-order chi connectivity index (χ0) is 15.9. The standard InChI is InChI=1S/C16H20N2O3S/c1-3-5-12-8-14(22-11(12)2)16(20)18-10-15(19)17-9-13-6-4-7-21-13/h4,6-8H,3,5,9-10H2,1-2H3,(H,17,19)(H,18,20). The van der Waals surface area contributed by atoms with Gasteiger partial charge in [-0.05, 0) is 37.1 Å². The van der Waals surface area contributed by atoms with E-state index in [2.05, 4.69) is 17.6 Å². The third kappa shape index (κ3) is 4.46. The summed E-state index contributed by atoms with van der Waals surface area (Å²) in [7, 11) is 0. The maximum Gasteiger partial charge on any atom is 0.261 e. The molecule has 0 spiro atoms. The third-order valence-electron chi connectivity index (χ3n) is 3.21. The Morgan fingerprint density at radius 3 is 2.82 bits per heavy atom. The second-order valence-electron chi connectivity index (χ2n) is 4.98. The summed E-state index contributed by atoms with van der Waals surface area (Å²) >= 11 is 1.47. The Labute approximate surface area is 133 Å². The van der Waals surface area contributed by atoms with Crippen LogP contribution in [0.4, 0.5) is 0 Å². The van der Waals surface area contributed by atoms with Gasteiger partial charge in [0.05, 0.1) is 24.2 Å². The topological polar surface area (TPSA) is 71.3 Å². The third-order valence-corrected chi connectivity index (χ3v) is 4.30. The molecule has 2 rings (SSSR count). The lowest BCUT2D eigenvalue weighted by Gasteiger charge is -2.04. The summed E-state index contributed by atoms with van der Waals surface area (Å²) in [6.07, 6.45) is 3.57. The Morgan fingerprint density at radius 2 is 2.14 bits per heavy atom. The quantitative estimate of drug-likeness (QED) is 0.824. The van der Waals surface area contributed by atoms with Gasteiger partial charge in [0.15, 0.2) is 0 Å². The van der Waals surface area contributed by atoms with E-state index in [1.165, 1.54) is 16.9 Å². The van der Waals surface area contributed by atoms with Gasteiger partial charge in [0.25, 0.3) is 5.91 Å². The molecule has 0 aliphatic rings. The van der Waals surface area contributed by atoms with Gasteiger partial charge in [-0.15, -0.1) is 11.3 Å². The molecule has 2 N–H and O–H groups in total. The van der Waals surface area contributed by atoms with Crippen LogP contribution in [0.5, 0.6) is 0 Å². The second kappa shape index (κ2) is 7.79. The summed E-state index contributed by atoms with van der Waals surface area (Å²) in [6, 6.07) is 5.46. The summed E-state index contributed by atoms with van der Waals surface area (Å²) < 4.78 is 5.12. The predicted molar refractivity (Wildman–Crippen MR) is 85.9 cm³/mol. The molecule has 2 aromatic rings. The van der Waals surface area contributed by atoms with Crippen LogP contribution in [-0.4, -0.2) is 18.4 Å². The van der Waals surface area contributed by atoms with E-state index in [0.29, 0.717) is 17.2 Å². The highest BCUT2D eigenvalue weighted by atomic mass is 32.1. The molecule has 22 heavy (non-hydrogen) atoms. The fourth-order valence-electron chi connectivity index (χ4n) is 2.06. The van der Waals surface area contributed by atoms with E-state index in [0.717, 1.165) is 17.7 Å². The van der Waals surface area contributed by atoms with E-state index in [1.54, 1.807) is 18.4 Å². The van der Waals surface area contributed by atoms with Gasteiger partial charge < -0.3 is 15.1 Å². The largest absolute Gasteiger partial charge is 0.467 e. The van der Waals surface area contributed by atoms with Crippen LogP contribution in [0.1, 0.15) is 39.2 Å². The highest BCUT2D eigenvalue weighted by Crippen LogP contribution is 2.22. The summed E-state index contributed by atoms with van der Waals surface area (Å²) in [4.78, 5) is 25.6. The molecule has 2 amide bonds. The number of amides is 2. The average Bonchev–Trinajstić information content (AvgIpc) is 3.13. The molecule has 0 saturated carbocycles. The van der Waals surface area contributed by atoms with Gasteiger partial charge in [-0.3, -0.25) is 9.59 Å². The highest BCUT2D eigenvalue weighted by molar-refractivity contribution is 7.14. The summed E-state index contributed by atoms with van der Waals surface area (Å²) in [6.45, 7) is 4.41. The molecule has 0 aliphatic carbocycles. The number of carbonyl (C=O) groups is 2. The molecule has 6 heteroatoms. The Hall–Kier alpha value is -2.08. The lowest BCUT2D eigenvalue weighted by molar-refractivity contribution is -0.120. The molecule has 0 bridgehead atoms. The van der Waals surface area contributed by atoms with E-state index >= 15 is 0 Å². The molecular weight excluding hydrogens is 300 g/mol. The van der Waals surface area contributed by atoms with Crippen molar-refractivity contribution in [2.24, 2.45) is 0 Å². The van der Waals surface area contributed by atoms with Crippen molar-refractivity contribution in [3.8, 4) is 0 Å². The first-order chi connectivity index (χ1) is 10.6. The number of rotatable bonds is 7. The fourth-order valence-corrected chi connectivity index (χ4v) is 3.05. The molecule has 5 nitrogen and oxygen atoms in total. The van der Waals surface area contributed by atoms with Gasteiger partial charge in [-0.25, -0.2) is 0 Å². The molecule has 0 unspecified atom stereocenters. The van der Waals surface area contributed by atoms with Crippen LogP contribution in [0.15, 0.2) is 28.9 Å². The van der Waals surface area contributed by atoms with Crippen molar-refractivity contribution < 1.29 is 14.0 Å². The van der Waals surface area contributed by atoms with Crippen molar-refractivity contribution in [3.63, 3.8) is 0 Å². The number of aryl methyl sites for hydroxylation is 2. The molecule has 0 saturated heterocycles. The number of hydrogen-bond acceptors (Lipinski definition) is 4. The number of thiophene rings is 1. The van der Waals surface area contributed by atoms with Crippen LogP contribution in [0.2, 0.25) is 0 Å². The number of carbonyl (C=O) groups excluding carboxylic acids is 2. The number of furan rings is 1. The Kier molecular flexibility index (Phi) is 5.77. The van der Waals surface area contributed by atoms with Crippen molar-refractivity contribution in [2.75, 3.05) is 6.54 Å². The van der Waals surface area contributed by atoms with Gasteiger partial charge in [0, 0.05) is 4.88 Å². The lowest BCUT2D eigenvalue weighted by atomic mass is 10.1. The molecule has 0 aromatic carbocycles. The van der Waals surface area contributed by atoms with Crippen molar-refractivity contribution in [2.45, 2.75) is 33.2 Å². The molecule has 0 radical (unpaired) electrons. The fraction of sp³-hybridized carbons (Fsp3) is 0.375. The van der Waals surface area contributed by atoms with Crippen molar-refractivity contribution >= 4 is 23.2 Å². The first-order valence-electron chi connectivity index (χ1n) is 7.26. The first kappa shape index (κ1) is 16.3. The van der Waals surface area contributed by atoms with Crippen LogP contribution in [0.25, 0.3) is 0 Å². The minimum absolute atomic E-state index is 0.0421. The van der Waals surface area contributed by atoms with Gasteiger partial charge in [0.1, 0.15) is 5.76 Å². The lowest BCUT2D eigenvalue weighted by Crippen LogP contribution is -2.36. The molecule has 0 fully saturated rings. The van der Waals surface area contributed by atoms with E-state index in [9.17, 15) is 9.59 Å². The number of nitrogens with one attached hydrogen (secondary N) is 2. The van der Waals surface area contributed by atoms with E-state index < -0.39 is 0 Å². The van der Waals surface area contributed by atoms with E-state index in [1.807, 2.05) is 13.0 Å². The van der Waals surface area contributed by atoms with Gasteiger partial charge in [0.2, 0.25) is 5.91 Å². The molecule has 0 atom stereocenters. The van der Waals surface area contributed by atoms with Crippen LogP contribution in [-0.2, 0) is 17.8 Å². The van der Waals surface area contributed by atoms with Crippen LogP contribution in [0, 0.1) is 6.92 Å². The van der Waals surface area contributed by atoms with Crippen molar-refractivity contribution in [3.05, 3.63) is 45.5 Å². The maximum atomic E-state index is 12.1. The van der Waals surface area contributed by atoms with Crippen LogP contribution >= 0.6 is 11.3 Å². The average molecular weight is 320 g/mol. The minimum atomic E-state index is -0.244. The smallest absolute Gasteiger partial charge is 0.261 e. The van der Waals surface area contributed by atoms with Gasteiger partial charge in [-0.2, -0.15) is 0 Å². The maximum absolute atomic E-state index is 12.1. The summed E-state index contributed by atoms with van der Waals surface area (Å²) in [5, 5.41) is 5.33. The molecule has 2 heterocycles. The zero-order valence-electron chi connectivity index (χ0n) is 12.8. The SMILES string of the molecule is CCCc1cc(C(=O)NCC(=O)NCc2ccco2)sc1C. The molecular formula is C16H20N2O3S. The minimum Gasteiger partial charge on any atom is -0.467 e. The first-order valence-corrected chi connectivity index (χ1v) is 8.08. The summed E-state index contributed by atoms with van der Waals surface area (Å²) in [5.41, 5.74) is 1.21. The Morgan fingerprint density at radius 1 is 1.32 bits per heavy atom. The Balaban J connectivity index is 1.79. The van der Waals surface area contributed by atoms with Crippen molar-refractivity contribution in [1.29, 1.82) is 0 Å². The highest BCUT2D eigenvalue weighted by Gasteiger charge is 2.13. The number of hydrogen-bond donors (Lipinski definition) is 2.